The van der Waals surface area contributed by atoms with Gasteiger partial charge in [0.15, 0.2) is 11.8 Å². The molecule has 3 heterocycles. The third-order valence-corrected chi connectivity index (χ3v) is 5.15. The van der Waals surface area contributed by atoms with E-state index in [9.17, 15) is 4.79 Å². The smallest absolute Gasteiger partial charge is 0.305 e. The summed E-state index contributed by atoms with van der Waals surface area (Å²) in [6.45, 7) is 1.62. The average molecular weight is 428 g/mol. The fraction of sp³-hybridized carbons (Fsp3) is 0.294. The molecule has 0 saturated carbocycles. The Bertz CT molecular complexity index is 1020. The molecule has 0 radical (unpaired) electrons. The average Bonchev–Trinajstić information content (AvgIpc) is 3.25. The molecular weight excluding hydrogens is 413 g/mol. The number of rotatable bonds is 5. The summed E-state index contributed by atoms with van der Waals surface area (Å²) in [5, 5.41) is 0.882. The maximum absolute atomic E-state index is 11.7. The van der Waals surface area contributed by atoms with Crippen LogP contribution in [0.5, 0.6) is 5.75 Å². The molecule has 0 bridgehead atoms. The summed E-state index contributed by atoms with van der Waals surface area (Å²) in [6.07, 6.45) is 3.12. The van der Waals surface area contributed by atoms with Crippen molar-refractivity contribution in [1.29, 1.82) is 0 Å². The highest BCUT2D eigenvalue weighted by molar-refractivity contribution is 6.37. The topological polar surface area (TPSA) is 85.2 Å². The number of nitrogens with one attached hydrogen (secondary N) is 2. The lowest BCUT2D eigenvalue weighted by Crippen LogP contribution is -2.29. The molecule has 1 saturated heterocycles. The van der Waals surface area contributed by atoms with E-state index in [2.05, 4.69) is 19.9 Å². The number of hydrogen-bond donors (Lipinski definition) is 1. The zero-order valence-electron chi connectivity index (χ0n) is 14.1. The van der Waals surface area contributed by atoms with Crippen molar-refractivity contribution in [1.82, 2.24) is 19.9 Å². The summed E-state index contributed by atoms with van der Waals surface area (Å²) in [5.41, 5.74) is 2.37. The van der Waals surface area contributed by atoms with Crippen molar-refractivity contribution >= 4 is 51.9 Å². The van der Waals surface area contributed by atoms with Gasteiger partial charge in [-0.2, -0.15) is 4.98 Å². The number of amides is 1. The zero-order chi connectivity index (χ0) is 19.0. The summed E-state index contributed by atoms with van der Waals surface area (Å²) >= 11 is 18.7. The second-order valence-corrected chi connectivity index (χ2v) is 7.25. The van der Waals surface area contributed by atoms with Crippen LogP contribution in [0.15, 0.2) is 18.5 Å². The molecule has 1 aromatic carbocycles. The van der Waals surface area contributed by atoms with Crippen LogP contribution in [0.3, 0.4) is 0 Å². The Morgan fingerprint density at radius 2 is 2.07 bits per heavy atom. The molecule has 1 fully saturated rings. The number of nitrogens with zero attached hydrogens (tertiary/aromatic N) is 3. The van der Waals surface area contributed by atoms with Crippen LogP contribution in [-0.2, 0) is 4.79 Å². The first kappa shape index (κ1) is 18.3. The fourth-order valence-corrected chi connectivity index (χ4v) is 3.77. The molecule has 1 aliphatic heterocycles. The van der Waals surface area contributed by atoms with Gasteiger partial charge in [0.25, 0.3) is 5.28 Å². The second kappa shape index (κ2) is 7.50. The van der Waals surface area contributed by atoms with Gasteiger partial charge in [0.2, 0.25) is 5.91 Å². The van der Waals surface area contributed by atoms with E-state index in [-0.39, 0.29) is 11.2 Å². The van der Waals surface area contributed by atoms with Crippen molar-refractivity contribution in [2.24, 2.45) is 0 Å². The Labute approximate surface area is 169 Å². The summed E-state index contributed by atoms with van der Waals surface area (Å²) in [5.74, 6) is 0.614. The number of fused-ring (bicyclic) bond motifs is 1. The molecule has 2 N–H and O–H groups in total. The number of hydrogen-bond acceptors (Lipinski definition) is 4. The lowest BCUT2D eigenvalue weighted by molar-refractivity contribution is -0.347. The van der Waals surface area contributed by atoms with Crippen LogP contribution >= 0.6 is 34.8 Å². The van der Waals surface area contributed by atoms with E-state index >= 15 is 0 Å². The Morgan fingerprint density at radius 3 is 2.85 bits per heavy atom. The molecule has 140 valence electrons. The number of H-pyrrole nitrogens is 2. The molecule has 0 unspecified atom stereocenters. The lowest BCUT2D eigenvalue weighted by atomic mass is 10.1. The van der Waals surface area contributed by atoms with Gasteiger partial charge in [-0.05, 0) is 30.2 Å². The van der Waals surface area contributed by atoms with Gasteiger partial charge < -0.3 is 9.64 Å². The van der Waals surface area contributed by atoms with Gasteiger partial charge in [-0.15, -0.1) is 0 Å². The molecule has 27 heavy (non-hydrogen) atoms. The van der Waals surface area contributed by atoms with E-state index < -0.39 is 0 Å². The zero-order valence-corrected chi connectivity index (χ0v) is 16.3. The number of benzene rings is 1. The monoisotopic (exact) mass is 426 g/mol. The third-order valence-electron chi connectivity index (χ3n) is 4.37. The number of imidazole rings is 1. The first-order valence-electron chi connectivity index (χ1n) is 8.35. The first-order valence-corrected chi connectivity index (χ1v) is 9.48. The molecule has 0 atom stereocenters. The molecule has 10 heteroatoms. The number of halogens is 3. The number of likely N-dealkylation sites (tertiary alicyclic amines) is 1. The molecule has 4 rings (SSSR count). The van der Waals surface area contributed by atoms with Gasteiger partial charge in [0, 0.05) is 18.5 Å². The Kier molecular flexibility index (Phi) is 5.08. The maximum atomic E-state index is 11.7. The highest BCUT2D eigenvalue weighted by atomic mass is 35.5. The van der Waals surface area contributed by atoms with Crippen molar-refractivity contribution in [2.75, 3.05) is 19.7 Å². The van der Waals surface area contributed by atoms with E-state index in [1.165, 1.54) is 0 Å². The van der Waals surface area contributed by atoms with Crippen molar-refractivity contribution in [3.63, 3.8) is 0 Å². The largest absolute Gasteiger partial charge is 0.490 e. The predicted molar refractivity (Wildman–Crippen MR) is 102 cm³/mol. The van der Waals surface area contributed by atoms with Crippen LogP contribution in [0, 0.1) is 0 Å². The SMILES string of the molecule is O=C1CCCN1CCOc1cc(-c2nc(Cl)nc3[nH+]c[nH]c23)c(Cl)cc1Cl. The minimum absolute atomic E-state index is 0.0920. The van der Waals surface area contributed by atoms with Crippen LogP contribution in [0.25, 0.3) is 22.4 Å². The van der Waals surface area contributed by atoms with Gasteiger partial charge in [-0.3, -0.25) is 9.78 Å². The maximum Gasteiger partial charge on any atom is 0.305 e. The van der Waals surface area contributed by atoms with Gasteiger partial charge in [0.1, 0.15) is 18.1 Å². The van der Waals surface area contributed by atoms with Crippen molar-refractivity contribution in [3.05, 3.63) is 33.8 Å². The number of ether oxygens (including phenoxy) is 1. The highest BCUT2D eigenvalue weighted by Gasteiger charge is 2.22. The Balaban J connectivity index is 1.63. The van der Waals surface area contributed by atoms with E-state index in [0.29, 0.717) is 57.8 Å². The number of carbonyl (C=O) groups excluding carboxylic acids is 1. The van der Waals surface area contributed by atoms with E-state index in [1.54, 1.807) is 23.4 Å². The molecule has 1 amide bonds. The van der Waals surface area contributed by atoms with Gasteiger partial charge in [0.05, 0.1) is 16.6 Å². The molecule has 0 aliphatic carbocycles. The summed E-state index contributed by atoms with van der Waals surface area (Å²) in [4.78, 5) is 27.9. The lowest BCUT2D eigenvalue weighted by Gasteiger charge is -2.17. The summed E-state index contributed by atoms with van der Waals surface area (Å²) in [6, 6.07) is 3.32. The standard InChI is InChI=1S/C17H14Cl3N5O2/c18-10-7-11(19)12(27-5-4-25-3-1-2-13(25)26)6-9(10)14-15-16(22-8-21-15)24-17(20)23-14/h6-8H,1-5H2,(H,21,22,23,24)/p+1. The van der Waals surface area contributed by atoms with Gasteiger partial charge in [-0.25, -0.2) is 4.98 Å². The predicted octanol–water partition coefficient (Wildman–Crippen LogP) is 3.40. The van der Waals surface area contributed by atoms with Gasteiger partial charge >= 0.3 is 5.65 Å². The Hall–Kier alpha value is -2.09. The van der Waals surface area contributed by atoms with Gasteiger partial charge in [-0.1, -0.05) is 28.2 Å². The van der Waals surface area contributed by atoms with E-state index in [0.717, 1.165) is 13.0 Å². The van der Waals surface area contributed by atoms with E-state index in [4.69, 9.17) is 39.5 Å². The number of aromatic nitrogens is 4. The molecule has 2 aromatic heterocycles. The summed E-state index contributed by atoms with van der Waals surface area (Å²) in [7, 11) is 0. The van der Waals surface area contributed by atoms with Crippen molar-refractivity contribution in [2.45, 2.75) is 12.8 Å². The second-order valence-electron chi connectivity index (χ2n) is 6.09. The first-order chi connectivity index (χ1) is 13.0. The normalized spacial score (nSPS) is 14.3. The van der Waals surface area contributed by atoms with Crippen LogP contribution in [0.4, 0.5) is 0 Å². The van der Waals surface area contributed by atoms with Crippen molar-refractivity contribution in [3.8, 4) is 17.0 Å². The molecule has 3 aromatic rings. The van der Waals surface area contributed by atoms with Crippen LogP contribution in [-0.4, -0.2) is 45.5 Å². The van der Waals surface area contributed by atoms with E-state index in [1.807, 2.05) is 0 Å². The van der Waals surface area contributed by atoms with Crippen LogP contribution in [0.2, 0.25) is 15.3 Å². The molecule has 1 aliphatic rings. The highest BCUT2D eigenvalue weighted by Crippen LogP contribution is 2.38. The molecule has 7 nitrogen and oxygen atoms in total. The number of aromatic amines is 2. The van der Waals surface area contributed by atoms with Crippen LogP contribution in [0.1, 0.15) is 12.8 Å². The van der Waals surface area contributed by atoms with Crippen LogP contribution < -0.4 is 9.72 Å². The Morgan fingerprint density at radius 1 is 1.22 bits per heavy atom. The van der Waals surface area contributed by atoms with Crippen molar-refractivity contribution < 1.29 is 14.5 Å². The minimum Gasteiger partial charge on any atom is -0.490 e. The molecular formula is C17H15Cl3N5O2+. The number of carbonyl (C=O) groups is 1. The summed E-state index contributed by atoms with van der Waals surface area (Å²) < 4.78 is 5.81. The third kappa shape index (κ3) is 3.67. The molecule has 0 spiro atoms. The fourth-order valence-electron chi connectivity index (χ4n) is 3.07. The quantitative estimate of drug-likeness (QED) is 0.632. The minimum atomic E-state index is 0.0920.